The third-order valence-corrected chi connectivity index (χ3v) is 8.75. The van der Waals surface area contributed by atoms with E-state index in [1.165, 1.54) is 11.8 Å². The van der Waals surface area contributed by atoms with Crippen molar-refractivity contribution >= 4 is 17.7 Å². The number of carbonyl (C=O) groups excluding carboxylic acids is 2. The molecule has 1 unspecified atom stereocenters. The van der Waals surface area contributed by atoms with E-state index in [0.29, 0.717) is 49.3 Å². The SMILES string of the molecule is C.CCOC(=O)c1cnn(-c2cccc(-c3cccc4c3C(Nc3ccc(C5CCN(C(=O)OC(C)(C)C)CC5)cc3C)CO4)n2)c1C. The monoisotopic (exact) mass is 653 g/mol. The fraction of sp³-hybridized carbons (Fsp3) is 0.421. The predicted molar refractivity (Wildman–Crippen MR) is 187 cm³/mol. The highest BCUT2D eigenvalue weighted by Crippen LogP contribution is 2.42. The van der Waals surface area contributed by atoms with Crippen LogP contribution in [-0.4, -0.2) is 63.6 Å². The van der Waals surface area contributed by atoms with Crippen LogP contribution in [0.3, 0.4) is 0 Å². The standard InChI is InChI=1S/C37H43N5O5.CH4/c1-7-45-35(43)28-21-38-42(24(28)3)33-13-9-11-30(40-33)27-10-8-12-32-34(27)31(22-46-32)39-29-15-14-26(20-23(29)2)25-16-18-41(19-17-25)36(44)47-37(4,5)6;/h8-15,20-21,25,31,39H,7,16-19,22H2,1-6H3;1H4. The second kappa shape index (κ2) is 14.1. The number of amides is 1. The van der Waals surface area contributed by atoms with E-state index in [1.54, 1.807) is 11.6 Å². The number of aromatic nitrogens is 3. The van der Waals surface area contributed by atoms with E-state index in [2.05, 4.69) is 41.6 Å². The van der Waals surface area contributed by atoms with E-state index < -0.39 is 11.6 Å². The summed E-state index contributed by atoms with van der Waals surface area (Å²) in [5.41, 5.74) is 6.92. The van der Waals surface area contributed by atoms with Gasteiger partial charge in [0, 0.05) is 29.9 Å². The molecule has 0 bridgehead atoms. The smallest absolute Gasteiger partial charge is 0.410 e. The summed E-state index contributed by atoms with van der Waals surface area (Å²) >= 11 is 0. The van der Waals surface area contributed by atoms with Crippen molar-refractivity contribution in [1.29, 1.82) is 0 Å². The van der Waals surface area contributed by atoms with Gasteiger partial charge in [0.1, 0.15) is 23.5 Å². The number of hydrogen-bond acceptors (Lipinski definition) is 8. The predicted octanol–water partition coefficient (Wildman–Crippen LogP) is 8.02. The summed E-state index contributed by atoms with van der Waals surface area (Å²) < 4.78 is 18.6. The molecule has 2 aromatic heterocycles. The lowest BCUT2D eigenvalue weighted by Crippen LogP contribution is -2.41. The number of ether oxygens (including phenoxy) is 3. The van der Waals surface area contributed by atoms with E-state index in [-0.39, 0.29) is 19.6 Å². The van der Waals surface area contributed by atoms with Gasteiger partial charge >= 0.3 is 12.1 Å². The Kier molecular flexibility index (Phi) is 10.1. The van der Waals surface area contributed by atoms with Crippen LogP contribution in [0.25, 0.3) is 17.1 Å². The quantitative estimate of drug-likeness (QED) is 0.200. The summed E-state index contributed by atoms with van der Waals surface area (Å²) in [7, 11) is 0. The third-order valence-electron chi connectivity index (χ3n) is 8.75. The molecule has 2 aliphatic heterocycles. The first kappa shape index (κ1) is 34.5. The summed E-state index contributed by atoms with van der Waals surface area (Å²) in [6, 6.07) is 18.4. The fourth-order valence-electron chi connectivity index (χ4n) is 6.38. The molecule has 1 N–H and O–H groups in total. The van der Waals surface area contributed by atoms with Crippen molar-refractivity contribution in [2.75, 3.05) is 31.6 Å². The number of pyridine rings is 1. The van der Waals surface area contributed by atoms with Gasteiger partial charge in [0.05, 0.1) is 30.2 Å². The van der Waals surface area contributed by atoms with Crippen LogP contribution in [0.1, 0.15) is 92.7 Å². The Bertz CT molecular complexity index is 1780. The number of likely N-dealkylation sites (tertiary alicyclic amines) is 1. The number of benzene rings is 2. The van der Waals surface area contributed by atoms with Gasteiger partial charge in [0.15, 0.2) is 5.82 Å². The molecule has 254 valence electrons. The molecule has 0 saturated carbocycles. The molecule has 6 rings (SSSR count). The molecule has 1 saturated heterocycles. The number of carbonyl (C=O) groups is 2. The van der Waals surface area contributed by atoms with E-state index in [1.807, 2.05) is 62.9 Å². The number of anilines is 1. The second-order valence-corrected chi connectivity index (χ2v) is 13.2. The minimum absolute atomic E-state index is 0. The Morgan fingerprint density at radius 2 is 1.79 bits per heavy atom. The number of aryl methyl sites for hydroxylation is 1. The summed E-state index contributed by atoms with van der Waals surface area (Å²) in [5, 5.41) is 8.18. The lowest BCUT2D eigenvalue weighted by Gasteiger charge is -2.33. The van der Waals surface area contributed by atoms with Crippen LogP contribution < -0.4 is 10.1 Å². The summed E-state index contributed by atoms with van der Waals surface area (Å²) in [5.74, 6) is 1.44. The first-order valence-corrected chi connectivity index (χ1v) is 16.3. The van der Waals surface area contributed by atoms with Gasteiger partial charge < -0.3 is 24.4 Å². The van der Waals surface area contributed by atoms with Gasteiger partial charge in [-0.3, -0.25) is 0 Å². The molecule has 1 amide bonds. The van der Waals surface area contributed by atoms with Gasteiger partial charge in [0.25, 0.3) is 0 Å². The van der Waals surface area contributed by atoms with Crippen molar-refractivity contribution in [3.63, 3.8) is 0 Å². The molecule has 1 atom stereocenters. The number of hydrogen-bond donors (Lipinski definition) is 1. The summed E-state index contributed by atoms with van der Waals surface area (Å²) in [4.78, 5) is 31.7. The molecule has 10 heteroatoms. The Labute approximate surface area is 283 Å². The number of nitrogens with one attached hydrogen (secondary N) is 1. The molecule has 2 aliphatic rings. The summed E-state index contributed by atoms with van der Waals surface area (Å²) in [6.07, 6.45) is 3.11. The largest absolute Gasteiger partial charge is 0.491 e. The number of rotatable bonds is 7. The first-order valence-electron chi connectivity index (χ1n) is 16.3. The van der Waals surface area contributed by atoms with E-state index in [9.17, 15) is 9.59 Å². The Balaban J connectivity index is 0.00000451. The maximum atomic E-state index is 12.5. The van der Waals surface area contributed by atoms with Gasteiger partial charge in [-0.05, 0) is 95.7 Å². The van der Waals surface area contributed by atoms with Gasteiger partial charge in [-0.1, -0.05) is 37.8 Å². The average molecular weight is 654 g/mol. The van der Waals surface area contributed by atoms with Crippen LogP contribution in [0, 0.1) is 13.8 Å². The third kappa shape index (κ3) is 7.17. The van der Waals surface area contributed by atoms with Crippen LogP contribution in [0.2, 0.25) is 0 Å². The second-order valence-electron chi connectivity index (χ2n) is 13.2. The minimum Gasteiger partial charge on any atom is -0.491 e. The molecule has 10 nitrogen and oxygen atoms in total. The number of piperidine rings is 1. The maximum Gasteiger partial charge on any atom is 0.410 e. The van der Waals surface area contributed by atoms with Crippen LogP contribution in [-0.2, 0) is 9.47 Å². The number of nitrogens with zero attached hydrogens (tertiary/aromatic N) is 4. The van der Waals surface area contributed by atoms with E-state index in [0.717, 1.165) is 46.7 Å². The molecule has 48 heavy (non-hydrogen) atoms. The molecule has 0 spiro atoms. The highest BCUT2D eigenvalue weighted by Gasteiger charge is 2.30. The van der Waals surface area contributed by atoms with Crippen LogP contribution in [0.4, 0.5) is 10.5 Å². The molecule has 0 aliphatic carbocycles. The molecule has 0 radical (unpaired) electrons. The molecular formula is C38H47N5O5. The lowest BCUT2D eigenvalue weighted by molar-refractivity contribution is 0.0204. The van der Waals surface area contributed by atoms with Gasteiger partial charge in [-0.2, -0.15) is 5.10 Å². The highest BCUT2D eigenvalue weighted by molar-refractivity contribution is 5.90. The van der Waals surface area contributed by atoms with Gasteiger partial charge in [-0.15, -0.1) is 0 Å². The topological polar surface area (TPSA) is 108 Å². The van der Waals surface area contributed by atoms with E-state index >= 15 is 0 Å². The molecule has 2 aromatic carbocycles. The zero-order chi connectivity index (χ0) is 33.3. The fourth-order valence-corrected chi connectivity index (χ4v) is 6.38. The highest BCUT2D eigenvalue weighted by atomic mass is 16.6. The van der Waals surface area contributed by atoms with Crippen molar-refractivity contribution in [2.24, 2.45) is 0 Å². The van der Waals surface area contributed by atoms with Crippen molar-refractivity contribution in [3.05, 3.63) is 88.7 Å². The lowest BCUT2D eigenvalue weighted by atomic mass is 9.88. The van der Waals surface area contributed by atoms with Gasteiger partial charge in [0.2, 0.25) is 0 Å². The number of esters is 1. The normalized spacial score (nSPS) is 16.0. The zero-order valence-corrected chi connectivity index (χ0v) is 28.0. The van der Waals surface area contributed by atoms with E-state index in [4.69, 9.17) is 19.2 Å². The average Bonchev–Trinajstić information content (AvgIpc) is 3.64. The summed E-state index contributed by atoms with van der Waals surface area (Å²) in [6.45, 7) is 13.6. The molecule has 4 aromatic rings. The minimum atomic E-state index is -0.490. The Morgan fingerprint density at radius 1 is 1.04 bits per heavy atom. The first-order chi connectivity index (χ1) is 22.5. The molecular weight excluding hydrogens is 606 g/mol. The Morgan fingerprint density at radius 3 is 2.50 bits per heavy atom. The van der Waals surface area contributed by atoms with Gasteiger partial charge in [-0.25, -0.2) is 19.3 Å². The van der Waals surface area contributed by atoms with Crippen LogP contribution in [0.5, 0.6) is 5.75 Å². The van der Waals surface area contributed by atoms with Crippen molar-refractivity contribution in [1.82, 2.24) is 19.7 Å². The Hall–Kier alpha value is -4.86. The maximum absolute atomic E-state index is 12.5. The van der Waals surface area contributed by atoms with Crippen molar-refractivity contribution in [3.8, 4) is 22.8 Å². The molecule has 4 heterocycles. The number of fused-ring (bicyclic) bond motifs is 1. The van der Waals surface area contributed by atoms with Crippen LogP contribution >= 0.6 is 0 Å². The van der Waals surface area contributed by atoms with Crippen molar-refractivity contribution < 1.29 is 23.8 Å². The van der Waals surface area contributed by atoms with Crippen molar-refractivity contribution in [2.45, 2.75) is 79.4 Å². The zero-order valence-electron chi connectivity index (χ0n) is 28.0. The van der Waals surface area contributed by atoms with Crippen LogP contribution in [0.15, 0.2) is 60.8 Å². The molecule has 1 fully saturated rings.